The molecular weight excluding hydrogens is 250 g/mol. The van der Waals surface area contributed by atoms with E-state index in [1.165, 1.54) is 32.1 Å². The van der Waals surface area contributed by atoms with E-state index in [0.717, 1.165) is 30.6 Å². The summed E-state index contributed by atoms with van der Waals surface area (Å²) in [7, 11) is 0. The molecule has 3 heteroatoms. The van der Waals surface area contributed by atoms with Crippen LogP contribution in [0.5, 0.6) is 0 Å². The largest absolute Gasteiger partial charge is 0.388 e. The Morgan fingerprint density at radius 1 is 1.30 bits per heavy atom. The molecule has 1 saturated carbocycles. The van der Waals surface area contributed by atoms with Gasteiger partial charge in [0.2, 0.25) is 0 Å². The van der Waals surface area contributed by atoms with Crippen molar-refractivity contribution < 1.29 is 9.84 Å². The molecule has 1 N–H and O–H groups in total. The highest BCUT2D eigenvalue weighted by atomic mass is 16.5. The van der Waals surface area contributed by atoms with Crippen LogP contribution in [0.3, 0.4) is 0 Å². The predicted octanol–water partition coefficient (Wildman–Crippen LogP) is 3.55. The highest BCUT2D eigenvalue weighted by Crippen LogP contribution is 2.44. The van der Waals surface area contributed by atoms with E-state index in [4.69, 9.17) is 4.74 Å². The molecule has 0 amide bonds. The zero-order chi connectivity index (χ0) is 14.0. The van der Waals surface area contributed by atoms with Crippen LogP contribution in [0.1, 0.15) is 62.2 Å². The van der Waals surface area contributed by atoms with Crippen LogP contribution in [0, 0.1) is 12.8 Å². The molecule has 110 valence electrons. The van der Waals surface area contributed by atoms with Crippen molar-refractivity contribution in [1.29, 1.82) is 0 Å². The third-order valence-corrected chi connectivity index (χ3v) is 4.98. The van der Waals surface area contributed by atoms with E-state index >= 15 is 0 Å². The Kier molecular flexibility index (Phi) is 4.08. The van der Waals surface area contributed by atoms with Crippen molar-refractivity contribution in [3.63, 3.8) is 0 Å². The van der Waals surface area contributed by atoms with Gasteiger partial charge < -0.3 is 9.84 Å². The van der Waals surface area contributed by atoms with Crippen LogP contribution in [0.15, 0.2) is 18.5 Å². The minimum Gasteiger partial charge on any atom is -0.388 e. The summed E-state index contributed by atoms with van der Waals surface area (Å²) >= 11 is 0. The second-order valence-electron chi connectivity index (χ2n) is 6.59. The number of ether oxygens (including phenoxy) is 1. The molecule has 1 saturated heterocycles. The summed E-state index contributed by atoms with van der Waals surface area (Å²) in [6.45, 7) is 2.82. The number of aryl methyl sites for hydroxylation is 1. The number of nitrogens with zero attached hydrogens (tertiary/aromatic N) is 1. The zero-order valence-electron chi connectivity index (χ0n) is 12.3. The lowest BCUT2D eigenvalue weighted by atomic mass is 9.74. The summed E-state index contributed by atoms with van der Waals surface area (Å²) in [5.74, 6) is 0.311. The number of hydrogen-bond acceptors (Lipinski definition) is 3. The van der Waals surface area contributed by atoms with E-state index in [1.807, 2.05) is 13.1 Å². The van der Waals surface area contributed by atoms with Crippen molar-refractivity contribution in [1.82, 2.24) is 4.98 Å². The fourth-order valence-electron chi connectivity index (χ4n) is 3.89. The van der Waals surface area contributed by atoms with E-state index in [1.54, 1.807) is 6.20 Å². The fraction of sp³-hybridized carbons (Fsp3) is 0.706. The topological polar surface area (TPSA) is 42.4 Å². The SMILES string of the molecule is Cc1cncc(C(O)C2CCOC3(CCCCC3)C2)c1. The fourth-order valence-corrected chi connectivity index (χ4v) is 3.89. The van der Waals surface area contributed by atoms with Gasteiger partial charge in [0, 0.05) is 19.0 Å². The van der Waals surface area contributed by atoms with Gasteiger partial charge >= 0.3 is 0 Å². The quantitative estimate of drug-likeness (QED) is 0.897. The third kappa shape index (κ3) is 2.89. The lowest BCUT2D eigenvalue weighted by molar-refractivity contribution is -0.134. The highest BCUT2D eigenvalue weighted by Gasteiger charge is 2.40. The number of hydrogen-bond donors (Lipinski definition) is 1. The van der Waals surface area contributed by atoms with Gasteiger partial charge in [-0.1, -0.05) is 25.3 Å². The summed E-state index contributed by atoms with van der Waals surface area (Å²) in [5, 5.41) is 10.7. The maximum atomic E-state index is 10.7. The molecule has 1 spiro atoms. The van der Waals surface area contributed by atoms with Gasteiger partial charge in [-0.15, -0.1) is 0 Å². The van der Waals surface area contributed by atoms with E-state index in [-0.39, 0.29) is 5.60 Å². The average Bonchev–Trinajstić information content (AvgIpc) is 2.47. The van der Waals surface area contributed by atoms with Gasteiger partial charge in [0.1, 0.15) is 0 Å². The second kappa shape index (κ2) is 5.82. The Hall–Kier alpha value is -0.930. The van der Waals surface area contributed by atoms with Crippen LogP contribution in [-0.4, -0.2) is 22.3 Å². The number of pyridine rings is 1. The normalized spacial score (nSPS) is 27.4. The summed E-state index contributed by atoms with van der Waals surface area (Å²) < 4.78 is 6.12. The molecule has 3 nitrogen and oxygen atoms in total. The average molecular weight is 275 g/mol. The van der Waals surface area contributed by atoms with E-state index < -0.39 is 6.10 Å². The smallest absolute Gasteiger partial charge is 0.0835 e. The molecule has 1 aliphatic heterocycles. The van der Waals surface area contributed by atoms with E-state index in [0.29, 0.717) is 5.92 Å². The molecule has 0 aromatic carbocycles. The van der Waals surface area contributed by atoms with Crippen LogP contribution in [0.4, 0.5) is 0 Å². The van der Waals surface area contributed by atoms with Crippen LogP contribution in [0.2, 0.25) is 0 Å². The van der Waals surface area contributed by atoms with Gasteiger partial charge in [0.05, 0.1) is 11.7 Å². The first-order valence-corrected chi connectivity index (χ1v) is 7.92. The second-order valence-corrected chi connectivity index (χ2v) is 6.59. The number of aliphatic hydroxyl groups excluding tert-OH is 1. The molecule has 2 heterocycles. The molecule has 2 aliphatic rings. The Morgan fingerprint density at radius 3 is 2.85 bits per heavy atom. The number of aliphatic hydroxyl groups is 1. The summed E-state index contributed by atoms with van der Waals surface area (Å²) in [5.41, 5.74) is 2.13. The van der Waals surface area contributed by atoms with E-state index in [2.05, 4.69) is 11.1 Å². The third-order valence-electron chi connectivity index (χ3n) is 4.98. The van der Waals surface area contributed by atoms with Crippen molar-refractivity contribution in [2.75, 3.05) is 6.61 Å². The van der Waals surface area contributed by atoms with Crippen molar-refractivity contribution in [3.8, 4) is 0 Å². The molecule has 1 aromatic heterocycles. The maximum Gasteiger partial charge on any atom is 0.0835 e. The Bertz CT molecular complexity index is 449. The van der Waals surface area contributed by atoms with Gasteiger partial charge in [-0.25, -0.2) is 0 Å². The van der Waals surface area contributed by atoms with Crippen molar-refractivity contribution in [2.45, 2.75) is 63.6 Å². The summed E-state index contributed by atoms with van der Waals surface area (Å²) in [6.07, 6.45) is 11.4. The molecule has 1 aromatic rings. The van der Waals surface area contributed by atoms with E-state index in [9.17, 15) is 5.11 Å². The molecule has 2 fully saturated rings. The lowest BCUT2D eigenvalue weighted by Crippen LogP contribution is -2.42. The summed E-state index contributed by atoms with van der Waals surface area (Å²) in [4.78, 5) is 4.21. The molecule has 3 rings (SSSR count). The van der Waals surface area contributed by atoms with Gasteiger partial charge in [0.25, 0.3) is 0 Å². The first kappa shape index (κ1) is 14.0. The maximum absolute atomic E-state index is 10.7. The van der Waals surface area contributed by atoms with Crippen molar-refractivity contribution >= 4 is 0 Å². The van der Waals surface area contributed by atoms with Crippen LogP contribution in [-0.2, 0) is 4.74 Å². The predicted molar refractivity (Wildman–Crippen MR) is 78.4 cm³/mol. The number of aromatic nitrogens is 1. The van der Waals surface area contributed by atoms with Crippen molar-refractivity contribution in [3.05, 3.63) is 29.6 Å². The molecule has 2 atom stereocenters. The molecule has 0 bridgehead atoms. The highest BCUT2D eigenvalue weighted by molar-refractivity contribution is 5.19. The Balaban J connectivity index is 1.73. The minimum atomic E-state index is -0.398. The van der Waals surface area contributed by atoms with Gasteiger partial charge in [-0.05, 0) is 49.7 Å². The molecule has 2 unspecified atom stereocenters. The molecule has 20 heavy (non-hydrogen) atoms. The van der Waals surface area contributed by atoms with Gasteiger partial charge in [-0.3, -0.25) is 4.98 Å². The first-order valence-electron chi connectivity index (χ1n) is 7.92. The monoisotopic (exact) mass is 275 g/mol. The minimum absolute atomic E-state index is 0.0550. The summed E-state index contributed by atoms with van der Waals surface area (Å²) in [6, 6.07) is 2.06. The van der Waals surface area contributed by atoms with Crippen LogP contribution in [0.25, 0.3) is 0 Å². The number of rotatable bonds is 2. The van der Waals surface area contributed by atoms with Gasteiger partial charge in [-0.2, -0.15) is 0 Å². The molecule has 1 aliphatic carbocycles. The lowest BCUT2D eigenvalue weighted by Gasteiger charge is -2.44. The van der Waals surface area contributed by atoms with Crippen LogP contribution >= 0.6 is 0 Å². The molecular formula is C17H25NO2. The Morgan fingerprint density at radius 2 is 2.10 bits per heavy atom. The molecule has 0 radical (unpaired) electrons. The van der Waals surface area contributed by atoms with Crippen LogP contribution < -0.4 is 0 Å². The Labute approximate surface area is 121 Å². The van der Waals surface area contributed by atoms with Gasteiger partial charge in [0.15, 0.2) is 0 Å². The zero-order valence-corrected chi connectivity index (χ0v) is 12.3. The standard InChI is InChI=1S/C17H25NO2/c1-13-9-15(12-18-11-13)16(19)14-5-8-20-17(10-14)6-3-2-4-7-17/h9,11-12,14,16,19H,2-8,10H2,1H3. The first-order chi connectivity index (χ1) is 9.69. The van der Waals surface area contributed by atoms with Crippen molar-refractivity contribution in [2.24, 2.45) is 5.92 Å².